The van der Waals surface area contributed by atoms with Crippen LogP contribution in [0.1, 0.15) is 36.9 Å². The van der Waals surface area contributed by atoms with E-state index in [0.29, 0.717) is 12.6 Å². The lowest BCUT2D eigenvalue weighted by Gasteiger charge is -2.34. The number of carbonyl (C=O) groups is 2. The summed E-state index contributed by atoms with van der Waals surface area (Å²) in [5, 5.41) is 6.29. The van der Waals surface area contributed by atoms with E-state index in [2.05, 4.69) is 35.8 Å². The van der Waals surface area contributed by atoms with Gasteiger partial charge < -0.3 is 20.4 Å². The van der Waals surface area contributed by atoms with Crippen molar-refractivity contribution in [2.45, 2.75) is 38.3 Å². The van der Waals surface area contributed by atoms with E-state index in [0.717, 1.165) is 62.3 Å². The SMILES string of the molecule is CCc1ccccc1NC(=O)C[NH+]1CC[NH+]([C@@H](C(=O)NC2CC2)c2ccccc2)CC1. The number of amides is 2. The van der Waals surface area contributed by atoms with E-state index in [1.165, 1.54) is 9.80 Å². The Labute approximate surface area is 184 Å². The third-order valence-corrected chi connectivity index (χ3v) is 6.41. The second-order valence-electron chi connectivity index (χ2n) is 8.77. The number of hydrogen-bond donors (Lipinski definition) is 4. The van der Waals surface area contributed by atoms with Crippen LogP contribution >= 0.6 is 0 Å². The molecule has 6 nitrogen and oxygen atoms in total. The zero-order valence-corrected chi connectivity index (χ0v) is 18.3. The molecular weight excluding hydrogens is 388 g/mol. The summed E-state index contributed by atoms with van der Waals surface area (Å²) in [7, 11) is 0. The highest BCUT2D eigenvalue weighted by molar-refractivity contribution is 5.92. The first-order valence-electron chi connectivity index (χ1n) is 11.5. The molecule has 0 bridgehead atoms. The Balaban J connectivity index is 1.34. The molecule has 2 fully saturated rings. The van der Waals surface area contributed by atoms with Crippen molar-refractivity contribution in [1.82, 2.24) is 5.32 Å². The lowest BCUT2D eigenvalue weighted by Crippen LogP contribution is -3.28. The Hall–Kier alpha value is -2.70. The monoisotopic (exact) mass is 422 g/mol. The first-order valence-corrected chi connectivity index (χ1v) is 11.5. The van der Waals surface area contributed by atoms with Gasteiger partial charge in [0.15, 0.2) is 12.6 Å². The van der Waals surface area contributed by atoms with Crippen LogP contribution in [-0.2, 0) is 16.0 Å². The maximum atomic E-state index is 13.0. The van der Waals surface area contributed by atoms with E-state index in [1.807, 2.05) is 36.4 Å². The van der Waals surface area contributed by atoms with E-state index in [-0.39, 0.29) is 17.9 Å². The lowest BCUT2D eigenvalue weighted by atomic mass is 10.0. The number of aryl methyl sites for hydroxylation is 1. The molecule has 1 aliphatic heterocycles. The number of anilines is 1. The van der Waals surface area contributed by atoms with Crippen LogP contribution in [0.2, 0.25) is 0 Å². The van der Waals surface area contributed by atoms with Crippen molar-refractivity contribution in [3.05, 3.63) is 65.7 Å². The van der Waals surface area contributed by atoms with Gasteiger partial charge in [-0.2, -0.15) is 0 Å². The molecule has 0 aromatic heterocycles. The van der Waals surface area contributed by atoms with Crippen molar-refractivity contribution in [2.24, 2.45) is 0 Å². The van der Waals surface area contributed by atoms with Gasteiger partial charge in [-0.1, -0.05) is 55.5 Å². The van der Waals surface area contributed by atoms with Crippen LogP contribution < -0.4 is 20.4 Å². The lowest BCUT2D eigenvalue weighted by molar-refractivity contribution is -1.02. The second-order valence-corrected chi connectivity index (χ2v) is 8.77. The summed E-state index contributed by atoms with van der Waals surface area (Å²) >= 11 is 0. The predicted molar refractivity (Wildman–Crippen MR) is 121 cm³/mol. The fourth-order valence-corrected chi connectivity index (χ4v) is 4.49. The van der Waals surface area contributed by atoms with Crippen LogP contribution in [0, 0.1) is 0 Å². The molecule has 4 rings (SSSR count). The minimum atomic E-state index is -0.173. The smallest absolute Gasteiger partial charge is 0.283 e. The van der Waals surface area contributed by atoms with Gasteiger partial charge in [-0.25, -0.2) is 0 Å². The summed E-state index contributed by atoms with van der Waals surface area (Å²) in [6.45, 7) is 6.10. The molecule has 1 heterocycles. The van der Waals surface area contributed by atoms with Crippen molar-refractivity contribution < 1.29 is 19.4 Å². The Kier molecular flexibility index (Phi) is 6.99. The van der Waals surface area contributed by atoms with Crippen molar-refractivity contribution in [3.63, 3.8) is 0 Å². The molecule has 2 aromatic carbocycles. The van der Waals surface area contributed by atoms with E-state index < -0.39 is 0 Å². The highest BCUT2D eigenvalue weighted by Crippen LogP contribution is 2.20. The van der Waals surface area contributed by atoms with Crippen LogP contribution in [0.4, 0.5) is 5.69 Å². The summed E-state index contributed by atoms with van der Waals surface area (Å²) in [5.41, 5.74) is 3.15. The van der Waals surface area contributed by atoms with Crippen LogP contribution in [0.25, 0.3) is 0 Å². The van der Waals surface area contributed by atoms with Gasteiger partial charge in [0, 0.05) is 17.3 Å². The van der Waals surface area contributed by atoms with Gasteiger partial charge in [-0.3, -0.25) is 9.59 Å². The van der Waals surface area contributed by atoms with Crippen LogP contribution in [-0.4, -0.2) is 50.6 Å². The molecule has 1 saturated carbocycles. The van der Waals surface area contributed by atoms with Crippen LogP contribution in [0.3, 0.4) is 0 Å². The van der Waals surface area contributed by atoms with Crippen molar-refractivity contribution >= 4 is 17.5 Å². The number of carbonyl (C=O) groups excluding carboxylic acids is 2. The molecule has 2 aromatic rings. The minimum absolute atomic E-state index is 0.0606. The van der Waals surface area contributed by atoms with E-state index >= 15 is 0 Å². The van der Waals surface area contributed by atoms with E-state index in [9.17, 15) is 9.59 Å². The van der Waals surface area contributed by atoms with Gasteiger partial charge >= 0.3 is 0 Å². The molecule has 0 unspecified atom stereocenters. The van der Waals surface area contributed by atoms with Crippen molar-refractivity contribution in [2.75, 3.05) is 38.0 Å². The second kappa shape index (κ2) is 10.1. The fourth-order valence-electron chi connectivity index (χ4n) is 4.49. The summed E-state index contributed by atoms with van der Waals surface area (Å²) in [6.07, 6.45) is 3.09. The molecular formula is C25H34N4O2+2. The molecule has 6 heteroatoms. The molecule has 1 atom stereocenters. The number of quaternary nitrogens is 2. The molecule has 1 aliphatic carbocycles. The third-order valence-electron chi connectivity index (χ3n) is 6.41. The first-order chi connectivity index (χ1) is 15.1. The molecule has 4 N–H and O–H groups in total. The average Bonchev–Trinajstić information content (AvgIpc) is 3.60. The molecule has 2 aliphatic rings. The fraction of sp³-hybridized carbons (Fsp3) is 0.440. The number of nitrogens with one attached hydrogen (secondary N) is 4. The molecule has 164 valence electrons. The average molecular weight is 423 g/mol. The quantitative estimate of drug-likeness (QED) is 0.484. The summed E-state index contributed by atoms with van der Waals surface area (Å²) in [4.78, 5) is 28.2. The largest absolute Gasteiger partial charge is 0.348 e. The maximum Gasteiger partial charge on any atom is 0.283 e. The predicted octanol–water partition coefficient (Wildman–Crippen LogP) is -0.00920. The van der Waals surface area contributed by atoms with Crippen molar-refractivity contribution in [1.29, 1.82) is 0 Å². The van der Waals surface area contributed by atoms with Gasteiger partial charge in [0.1, 0.15) is 26.2 Å². The number of piperazine rings is 1. The van der Waals surface area contributed by atoms with Crippen molar-refractivity contribution in [3.8, 4) is 0 Å². The number of para-hydroxylation sites is 1. The Morgan fingerprint density at radius 2 is 1.65 bits per heavy atom. The van der Waals surface area contributed by atoms with Crippen LogP contribution in [0.15, 0.2) is 54.6 Å². The first kappa shape index (κ1) is 21.5. The van der Waals surface area contributed by atoms with Gasteiger partial charge in [-0.05, 0) is 30.9 Å². The molecule has 31 heavy (non-hydrogen) atoms. The molecule has 0 radical (unpaired) electrons. The topological polar surface area (TPSA) is 67.1 Å². The molecule has 1 saturated heterocycles. The van der Waals surface area contributed by atoms with Gasteiger partial charge in [0.05, 0.1) is 0 Å². The number of hydrogen-bond acceptors (Lipinski definition) is 2. The molecule has 2 amide bonds. The third kappa shape index (κ3) is 5.71. The highest BCUT2D eigenvalue weighted by Gasteiger charge is 2.38. The summed E-state index contributed by atoms with van der Waals surface area (Å²) in [5.74, 6) is 0.200. The van der Waals surface area contributed by atoms with Gasteiger partial charge in [0.2, 0.25) is 0 Å². The van der Waals surface area contributed by atoms with Gasteiger partial charge in [0.25, 0.3) is 11.8 Å². The Morgan fingerprint density at radius 3 is 2.32 bits per heavy atom. The summed E-state index contributed by atoms with van der Waals surface area (Å²) < 4.78 is 0. The number of benzene rings is 2. The number of rotatable bonds is 8. The maximum absolute atomic E-state index is 13.0. The van der Waals surface area contributed by atoms with Gasteiger partial charge in [-0.15, -0.1) is 0 Å². The minimum Gasteiger partial charge on any atom is -0.348 e. The van der Waals surface area contributed by atoms with Crippen LogP contribution in [0.5, 0.6) is 0 Å². The Bertz CT molecular complexity index is 889. The highest BCUT2D eigenvalue weighted by atomic mass is 16.2. The zero-order valence-electron chi connectivity index (χ0n) is 18.3. The zero-order chi connectivity index (χ0) is 21.6. The molecule has 0 spiro atoms. The normalized spacial score (nSPS) is 21.8. The summed E-state index contributed by atoms with van der Waals surface area (Å²) in [6, 6.07) is 18.3. The van der Waals surface area contributed by atoms with E-state index in [4.69, 9.17) is 0 Å². The standard InChI is InChI=1S/C25H32N4O2/c1-2-19-8-6-7-11-22(19)27-23(30)18-28-14-16-29(17-15-28)24(20-9-4-3-5-10-20)25(31)26-21-12-13-21/h3-11,21,24H,2,12-18H2,1H3,(H,26,31)(H,27,30)/p+2/t24-/m1/s1. The van der Waals surface area contributed by atoms with E-state index in [1.54, 1.807) is 0 Å². The Morgan fingerprint density at radius 1 is 0.968 bits per heavy atom.